The van der Waals surface area contributed by atoms with E-state index in [1.54, 1.807) is 0 Å². The maximum atomic E-state index is 13.2. The van der Waals surface area contributed by atoms with Crippen molar-refractivity contribution in [2.75, 3.05) is 6.61 Å². The van der Waals surface area contributed by atoms with Gasteiger partial charge in [-0.05, 0) is 59.7 Å². The number of nitrogens with zero attached hydrogens (tertiary/aromatic N) is 1. The molecule has 1 saturated heterocycles. The number of amides is 1. The fourth-order valence-corrected chi connectivity index (χ4v) is 6.95. The summed E-state index contributed by atoms with van der Waals surface area (Å²) in [7, 11) is 0. The lowest BCUT2D eigenvalue weighted by Gasteiger charge is -2.20. The number of hydrogen-bond acceptors (Lipinski definition) is 3. The predicted molar refractivity (Wildman–Crippen MR) is 126 cm³/mol. The van der Waals surface area contributed by atoms with Crippen molar-refractivity contribution in [1.29, 1.82) is 0 Å². The van der Waals surface area contributed by atoms with E-state index in [2.05, 4.69) is 52.3 Å². The quantitative estimate of drug-likeness (QED) is 0.469. The van der Waals surface area contributed by atoms with Gasteiger partial charge in [-0.3, -0.25) is 4.79 Å². The molecule has 5 nitrogen and oxygen atoms in total. The molecule has 3 aliphatic heterocycles. The molecular formula is C28H24N2O3. The molecule has 3 aromatic carbocycles. The van der Waals surface area contributed by atoms with E-state index >= 15 is 0 Å². The second-order valence-electron chi connectivity index (χ2n) is 9.68. The smallest absolute Gasteiger partial charge is 0.252 e. The first-order valence-corrected chi connectivity index (χ1v) is 12.0. The van der Waals surface area contributed by atoms with Gasteiger partial charge < -0.3 is 19.4 Å². The first kappa shape index (κ1) is 18.3. The summed E-state index contributed by atoms with van der Waals surface area (Å²) in [5.74, 6) is 0.228. The number of hydrogen-bond donors (Lipinski definition) is 1. The van der Waals surface area contributed by atoms with E-state index in [-0.39, 0.29) is 24.2 Å². The Hall–Kier alpha value is -3.15. The van der Waals surface area contributed by atoms with Crippen molar-refractivity contribution < 1.29 is 14.3 Å². The van der Waals surface area contributed by atoms with Crippen LogP contribution in [0.4, 0.5) is 0 Å². The molecule has 8 rings (SSSR count). The minimum atomic E-state index is 0.0396. The zero-order valence-electron chi connectivity index (χ0n) is 18.5. The number of nitrogens with one attached hydrogen (secondary N) is 1. The van der Waals surface area contributed by atoms with Crippen LogP contribution >= 0.6 is 0 Å². The molecule has 1 N–H and O–H groups in total. The lowest BCUT2D eigenvalue weighted by molar-refractivity contribution is 0.00493. The van der Waals surface area contributed by atoms with Crippen molar-refractivity contribution in [2.45, 2.75) is 51.2 Å². The SMILES string of the molecule is CCOCc1ccc2c(c1)c1c3c(c4c5c1n2C1CCC(O1)C5c1ccccc1-4)C(=O)NC3. The highest BCUT2D eigenvalue weighted by atomic mass is 16.5. The highest BCUT2D eigenvalue weighted by molar-refractivity contribution is 6.20. The van der Waals surface area contributed by atoms with Gasteiger partial charge in [-0.15, -0.1) is 0 Å². The third-order valence-corrected chi connectivity index (χ3v) is 8.14. The Bertz CT molecular complexity index is 1530. The highest BCUT2D eigenvalue weighted by Gasteiger charge is 2.48. The molecule has 33 heavy (non-hydrogen) atoms. The van der Waals surface area contributed by atoms with Crippen LogP contribution in [-0.4, -0.2) is 23.2 Å². The maximum Gasteiger partial charge on any atom is 0.252 e. The van der Waals surface area contributed by atoms with E-state index < -0.39 is 0 Å². The van der Waals surface area contributed by atoms with Crippen LogP contribution in [0.3, 0.4) is 0 Å². The van der Waals surface area contributed by atoms with Crippen LogP contribution in [0.25, 0.3) is 32.9 Å². The van der Waals surface area contributed by atoms with Crippen LogP contribution < -0.4 is 5.32 Å². The van der Waals surface area contributed by atoms with Crippen LogP contribution in [0.2, 0.25) is 0 Å². The Morgan fingerprint density at radius 2 is 2.06 bits per heavy atom. The molecule has 164 valence electrons. The van der Waals surface area contributed by atoms with Crippen molar-refractivity contribution in [3.63, 3.8) is 0 Å². The molecule has 1 aliphatic carbocycles. The third-order valence-electron chi connectivity index (χ3n) is 8.14. The largest absolute Gasteiger partial charge is 0.377 e. The summed E-state index contributed by atoms with van der Waals surface area (Å²) in [6.45, 7) is 3.89. The maximum absolute atomic E-state index is 13.2. The van der Waals surface area contributed by atoms with Crippen molar-refractivity contribution in [3.8, 4) is 11.1 Å². The van der Waals surface area contributed by atoms with Gasteiger partial charge in [0.15, 0.2) is 0 Å². The summed E-state index contributed by atoms with van der Waals surface area (Å²) in [5.41, 5.74) is 10.6. The van der Waals surface area contributed by atoms with Crippen molar-refractivity contribution in [2.24, 2.45) is 0 Å². The fourth-order valence-electron chi connectivity index (χ4n) is 6.95. The number of carbonyl (C=O) groups is 1. The lowest BCUT2D eigenvalue weighted by Crippen LogP contribution is -2.16. The highest BCUT2D eigenvalue weighted by Crippen LogP contribution is 2.59. The molecule has 4 aliphatic rings. The molecule has 0 saturated carbocycles. The van der Waals surface area contributed by atoms with E-state index in [0.717, 1.165) is 35.1 Å². The van der Waals surface area contributed by atoms with Crippen molar-refractivity contribution >= 4 is 27.7 Å². The lowest BCUT2D eigenvalue weighted by atomic mass is 9.86. The Labute approximate surface area is 191 Å². The van der Waals surface area contributed by atoms with Crippen molar-refractivity contribution in [1.82, 2.24) is 9.88 Å². The van der Waals surface area contributed by atoms with Crippen LogP contribution in [0.1, 0.15) is 64.5 Å². The van der Waals surface area contributed by atoms with E-state index in [4.69, 9.17) is 9.47 Å². The molecule has 3 unspecified atom stereocenters. The van der Waals surface area contributed by atoms with Gasteiger partial charge in [0.05, 0.1) is 29.3 Å². The monoisotopic (exact) mass is 436 g/mol. The van der Waals surface area contributed by atoms with E-state index in [1.807, 2.05) is 6.92 Å². The zero-order valence-corrected chi connectivity index (χ0v) is 18.5. The Balaban J connectivity index is 1.58. The number of aromatic nitrogens is 1. The van der Waals surface area contributed by atoms with Crippen LogP contribution in [-0.2, 0) is 22.6 Å². The molecule has 0 radical (unpaired) electrons. The average molecular weight is 437 g/mol. The Morgan fingerprint density at radius 1 is 1.15 bits per heavy atom. The van der Waals surface area contributed by atoms with E-state index in [9.17, 15) is 4.79 Å². The van der Waals surface area contributed by atoms with Crippen LogP contribution in [0, 0.1) is 0 Å². The van der Waals surface area contributed by atoms with Gasteiger partial charge in [0.25, 0.3) is 5.91 Å². The molecule has 1 fully saturated rings. The minimum absolute atomic E-state index is 0.0396. The molecular weight excluding hydrogens is 412 g/mol. The van der Waals surface area contributed by atoms with Gasteiger partial charge in [-0.25, -0.2) is 0 Å². The van der Waals surface area contributed by atoms with Gasteiger partial charge >= 0.3 is 0 Å². The molecule has 4 aromatic rings. The van der Waals surface area contributed by atoms with E-state index in [0.29, 0.717) is 19.8 Å². The number of ether oxygens (including phenoxy) is 2. The van der Waals surface area contributed by atoms with E-state index in [1.165, 1.54) is 38.5 Å². The fraction of sp³-hybridized carbons (Fsp3) is 0.321. The number of fused-ring (bicyclic) bond motifs is 13. The van der Waals surface area contributed by atoms with Crippen LogP contribution in [0.5, 0.6) is 0 Å². The number of carbonyl (C=O) groups excluding carboxylic acids is 1. The zero-order chi connectivity index (χ0) is 21.8. The van der Waals surface area contributed by atoms with Gasteiger partial charge in [0.2, 0.25) is 0 Å². The van der Waals surface area contributed by atoms with Gasteiger partial charge in [0.1, 0.15) is 6.23 Å². The first-order valence-electron chi connectivity index (χ1n) is 12.0. The normalized spacial score (nSPS) is 23.8. The first-order chi connectivity index (χ1) is 16.3. The van der Waals surface area contributed by atoms with Crippen molar-refractivity contribution in [3.05, 3.63) is 70.3 Å². The standard InChI is InChI=1S/C28H24N2O3/c1-2-32-13-14-7-8-19-17(11-14)22-18-12-29-28(31)25(18)24-16-6-4-3-5-15(16)23-20-9-10-21(33-20)30(19)27(22)26(23)24/h3-8,11,20-21,23H,2,9-10,12-13H2,1H3,(H,29,31). The summed E-state index contributed by atoms with van der Waals surface area (Å²) >= 11 is 0. The topological polar surface area (TPSA) is 52.5 Å². The molecule has 0 spiro atoms. The molecule has 4 heterocycles. The Kier molecular flexibility index (Phi) is 3.46. The average Bonchev–Trinajstić information content (AvgIpc) is 3.56. The molecule has 1 amide bonds. The Morgan fingerprint density at radius 3 is 2.97 bits per heavy atom. The molecule has 1 aromatic heterocycles. The summed E-state index contributed by atoms with van der Waals surface area (Å²) in [6, 6.07) is 15.3. The van der Waals surface area contributed by atoms with Gasteiger partial charge in [-0.2, -0.15) is 0 Å². The minimum Gasteiger partial charge on any atom is -0.377 e. The summed E-state index contributed by atoms with van der Waals surface area (Å²) in [5, 5.41) is 5.58. The molecule has 5 heteroatoms. The molecule has 3 atom stereocenters. The predicted octanol–water partition coefficient (Wildman–Crippen LogP) is 5.38. The second kappa shape index (κ2) is 6.25. The van der Waals surface area contributed by atoms with Gasteiger partial charge in [0, 0.05) is 35.4 Å². The van der Waals surface area contributed by atoms with Crippen LogP contribution in [0.15, 0.2) is 42.5 Å². The molecule has 2 bridgehead atoms. The van der Waals surface area contributed by atoms with Gasteiger partial charge in [-0.1, -0.05) is 30.3 Å². The summed E-state index contributed by atoms with van der Waals surface area (Å²) in [4.78, 5) is 13.2. The summed E-state index contributed by atoms with van der Waals surface area (Å²) < 4.78 is 14.9. The second-order valence-corrected chi connectivity index (χ2v) is 9.68. The number of benzene rings is 3. The summed E-state index contributed by atoms with van der Waals surface area (Å²) in [6.07, 6.45) is 2.24. The third kappa shape index (κ3) is 2.13. The number of rotatable bonds is 3.